The Hall–Kier alpha value is -5.13. The van der Waals surface area contributed by atoms with E-state index in [2.05, 4.69) is 25.8 Å². The van der Waals surface area contributed by atoms with Crippen LogP contribution in [0.25, 0.3) is 11.1 Å². The molecule has 0 radical (unpaired) electrons. The lowest BCUT2D eigenvalue weighted by Gasteiger charge is -2.35. The Kier molecular flexibility index (Phi) is 9.72. The molecular formula is C34H34ClF6N9O3. The molecule has 3 aliphatic rings. The van der Waals surface area contributed by atoms with E-state index in [1.165, 1.54) is 30.6 Å². The number of rotatable bonds is 11. The van der Waals surface area contributed by atoms with Crippen LogP contribution in [0.5, 0.6) is 0 Å². The van der Waals surface area contributed by atoms with E-state index >= 15 is 0 Å². The predicted octanol–water partition coefficient (Wildman–Crippen LogP) is 7.29. The number of halogens is 7. The standard InChI is InChI=1S/C34H34ClF6N9O3/c1-31(2,3)16-33(22-7-4-19(5-8-22)21-13-44-48(14-21)28(38)39)27(51)49(29(42)46-33)25(15-53-30(52)47-32(10-11-32)26(36)37)20-6-9-23(35)24(12-20)50-34(40,41)17-43-18-45-50/h4-9,12-14,17-18,25-26,28H,10-11,15-16H2,1-3H3,(H2,42,46)(H,47,52)/t25-,33-/m1/s1. The van der Waals surface area contributed by atoms with E-state index in [-0.39, 0.29) is 35.5 Å². The van der Waals surface area contributed by atoms with Gasteiger partial charge in [0.15, 0.2) is 5.96 Å². The van der Waals surface area contributed by atoms with Crippen LogP contribution in [0.4, 0.5) is 36.8 Å². The van der Waals surface area contributed by atoms with Crippen LogP contribution in [0.1, 0.15) is 63.8 Å². The fourth-order valence-electron chi connectivity index (χ4n) is 6.38. The summed E-state index contributed by atoms with van der Waals surface area (Å²) >= 11 is 6.35. The molecule has 0 spiro atoms. The largest absolute Gasteiger partial charge is 0.447 e. The van der Waals surface area contributed by atoms with Gasteiger partial charge in [-0.05, 0) is 53.5 Å². The number of nitrogens with one attached hydrogen (secondary N) is 3. The number of alkyl halides is 6. The fraction of sp³-hybridized carbons (Fsp3) is 0.412. The Bertz CT molecular complexity index is 1960. The number of hydrazone groups is 1. The lowest BCUT2D eigenvalue weighted by Crippen LogP contribution is -2.47. The molecule has 2 amide bonds. The van der Waals surface area contributed by atoms with E-state index in [1.54, 1.807) is 24.3 Å². The van der Waals surface area contributed by atoms with Crippen molar-refractivity contribution < 1.29 is 40.7 Å². The van der Waals surface area contributed by atoms with Gasteiger partial charge in [0.2, 0.25) is 0 Å². The van der Waals surface area contributed by atoms with Crippen molar-refractivity contribution in [2.45, 2.75) is 76.2 Å². The third-order valence-electron chi connectivity index (χ3n) is 9.04. The van der Waals surface area contributed by atoms with Gasteiger partial charge in [0.05, 0.1) is 29.2 Å². The number of carbonyl (C=O) groups excluding carboxylic acids is 2. The summed E-state index contributed by atoms with van der Waals surface area (Å²) in [5.74, 6) is -1.12. The van der Waals surface area contributed by atoms with Crippen LogP contribution in [-0.4, -0.2) is 69.8 Å². The van der Waals surface area contributed by atoms with Gasteiger partial charge in [0, 0.05) is 11.8 Å². The van der Waals surface area contributed by atoms with Crippen molar-refractivity contribution in [2.24, 2.45) is 15.5 Å². The second-order valence-electron chi connectivity index (χ2n) is 14.2. The molecule has 1 aromatic heterocycles. The first kappa shape index (κ1) is 37.6. The number of hydrogen-bond acceptors (Lipinski definition) is 8. The molecule has 0 bridgehead atoms. The number of aromatic nitrogens is 2. The minimum Gasteiger partial charge on any atom is -0.447 e. The zero-order valence-electron chi connectivity index (χ0n) is 28.5. The van der Waals surface area contributed by atoms with Crippen LogP contribution in [0, 0.1) is 10.8 Å². The number of alkyl carbamates (subject to hydrolysis) is 1. The molecule has 282 valence electrons. The highest BCUT2D eigenvalue weighted by atomic mass is 35.5. The molecule has 1 saturated carbocycles. The van der Waals surface area contributed by atoms with Crippen molar-refractivity contribution in [2.75, 3.05) is 11.6 Å². The smallest absolute Gasteiger partial charge is 0.407 e. The lowest BCUT2D eigenvalue weighted by molar-refractivity contribution is -0.134. The number of amides is 2. The first-order valence-electron chi connectivity index (χ1n) is 16.3. The number of carbonyl (C=O) groups is 2. The zero-order chi connectivity index (χ0) is 38.5. The normalized spacial score (nSPS) is 21.0. The third kappa shape index (κ3) is 7.41. The molecule has 3 heterocycles. The summed E-state index contributed by atoms with van der Waals surface area (Å²) < 4.78 is 89.3. The average molecular weight is 766 g/mol. The average Bonchev–Trinajstić information content (AvgIpc) is 3.61. The Morgan fingerprint density at radius 2 is 1.79 bits per heavy atom. The van der Waals surface area contributed by atoms with Gasteiger partial charge in [-0.15, -0.1) is 0 Å². The molecule has 2 aromatic carbocycles. The monoisotopic (exact) mass is 765 g/mol. The maximum absolute atomic E-state index is 14.9. The van der Waals surface area contributed by atoms with E-state index in [0.717, 1.165) is 11.2 Å². The van der Waals surface area contributed by atoms with Gasteiger partial charge in [-0.25, -0.2) is 23.2 Å². The van der Waals surface area contributed by atoms with E-state index in [1.807, 2.05) is 20.8 Å². The van der Waals surface area contributed by atoms with Gasteiger partial charge in [0.25, 0.3) is 12.3 Å². The van der Waals surface area contributed by atoms with Crippen LogP contribution in [0.2, 0.25) is 5.02 Å². The van der Waals surface area contributed by atoms with Crippen LogP contribution in [0.15, 0.2) is 65.0 Å². The van der Waals surface area contributed by atoms with Gasteiger partial charge >= 0.3 is 18.7 Å². The number of aliphatic imine (C=N–C) groups is 1. The molecule has 6 rings (SSSR count). The molecule has 2 fully saturated rings. The molecular weight excluding hydrogens is 732 g/mol. The number of benzene rings is 2. The molecule has 3 aromatic rings. The number of hydrogen-bond donors (Lipinski definition) is 3. The van der Waals surface area contributed by atoms with Crippen molar-refractivity contribution in [3.63, 3.8) is 0 Å². The Morgan fingerprint density at radius 1 is 1.09 bits per heavy atom. The van der Waals surface area contributed by atoms with Crippen LogP contribution < -0.4 is 15.6 Å². The summed E-state index contributed by atoms with van der Waals surface area (Å²) in [5.41, 5.74) is -2.81. The summed E-state index contributed by atoms with van der Waals surface area (Å²) in [6, 6.07) is 5.22. The van der Waals surface area contributed by atoms with E-state index < -0.39 is 66.1 Å². The molecule has 2 atom stereocenters. The van der Waals surface area contributed by atoms with Crippen molar-refractivity contribution in [1.82, 2.24) is 25.3 Å². The maximum atomic E-state index is 14.9. The van der Waals surface area contributed by atoms with Gasteiger partial charge in [-0.2, -0.15) is 32.8 Å². The highest BCUT2D eigenvalue weighted by Crippen LogP contribution is 2.44. The van der Waals surface area contributed by atoms with E-state index in [0.29, 0.717) is 32.6 Å². The van der Waals surface area contributed by atoms with Crippen LogP contribution in [0.3, 0.4) is 0 Å². The molecule has 3 N–H and O–H groups in total. The topological polar surface area (TPSA) is 140 Å². The van der Waals surface area contributed by atoms with Crippen LogP contribution >= 0.6 is 11.6 Å². The van der Waals surface area contributed by atoms with Crippen molar-refractivity contribution in [3.8, 4) is 11.1 Å². The summed E-state index contributed by atoms with van der Waals surface area (Å²) in [6.45, 7) is 2.09. The quantitative estimate of drug-likeness (QED) is 0.138. The number of nitrogens with zero attached hydrogens (tertiary/aromatic N) is 6. The molecule has 0 unspecified atom stereocenters. The molecule has 2 aliphatic heterocycles. The van der Waals surface area contributed by atoms with Crippen molar-refractivity contribution in [1.29, 1.82) is 5.41 Å². The summed E-state index contributed by atoms with van der Waals surface area (Å²) in [6.07, 6.45) is -0.219. The molecule has 53 heavy (non-hydrogen) atoms. The van der Waals surface area contributed by atoms with Gasteiger partial charge in [-0.1, -0.05) is 62.7 Å². The summed E-state index contributed by atoms with van der Waals surface area (Å²) in [5, 5.41) is 21.7. The minimum atomic E-state index is -3.71. The van der Waals surface area contributed by atoms with Gasteiger partial charge in [-0.3, -0.25) is 15.1 Å². The van der Waals surface area contributed by atoms with Gasteiger partial charge < -0.3 is 15.4 Å². The van der Waals surface area contributed by atoms with Crippen LogP contribution in [-0.2, 0) is 15.1 Å². The highest BCUT2D eigenvalue weighted by molar-refractivity contribution is 6.33. The van der Waals surface area contributed by atoms with Crippen molar-refractivity contribution >= 4 is 47.8 Å². The first-order valence-corrected chi connectivity index (χ1v) is 16.6. The van der Waals surface area contributed by atoms with Crippen molar-refractivity contribution in [3.05, 3.63) is 71.0 Å². The maximum Gasteiger partial charge on any atom is 0.407 e. The molecule has 12 nitrogen and oxygen atoms in total. The predicted molar refractivity (Wildman–Crippen MR) is 183 cm³/mol. The molecule has 1 saturated heterocycles. The zero-order valence-corrected chi connectivity index (χ0v) is 29.2. The number of anilines is 1. The first-order chi connectivity index (χ1) is 24.9. The molecule has 1 aliphatic carbocycles. The van der Waals surface area contributed by atoms with E-state index in [4.69, 9.17) is 21.7 Å². The third-order valence-corrected chi connectivity index (χ3v) is 9.35. The Labute approximate surface area is 304 Å². The number of ether oxygens (including phenoxy) is 1. The Morgan fingerprint density at radius 3 is 2.38 bits per heavy atom. The Balaban J connectivity index is 1.39. The fourth-order valence-corrected chi connectivity index (χ4v) is 6.58. The highest BCUT2D eigenvalue weighted by Gasteiger charge is 2.55. The number of guanidine groups is 1. The SMILES string of the molecule is CC(C)(C)C[C@]1(c2ccc(-c3cnn(C(F)F)c3)cc2)NC(=N)N([C@H](COC(=O)NC2(C(F)F)CC2)c2ccc(Cl)c(N3N=CN=CC3(F)F)c2)C1=O. The minimum absolute atomic E-state index is 0.0272. The van der Waals surface area contributed by atoms with E-state index in [9.17, 15) is 35.9 Å². The summed E-state index contributed by atoms with van der Waals surface area (Å²) in [7, 11) is 0. The second-order valence-corrected chi connectivity index (χ2v) is 14.6. The summed E-state index contributed by atoms with van der Waals surface area (Å²) in [4.78, 5) is 32.1. The lowest BCUT2D eigenvalue weighted by atomic mass is 9.75. The van der Waals surface area contributed by atoms with Gasteiger partial charge in [0.1, 0.15) is 24.0 Å². The second kappa shape index (κ2) is 13.7. The molecule has 19 heteroatoms.